The summed E-state index contributed by atoms with van der Waals surface area (Å²) in [5, 5.41) is 9.90. The largest absolute Gasteiger partial charge is 0.506 e. The highest BCUT2D eigenvalue weighted by Crippen LogP contribution is 2.32. The summed E-state index contributed by atoms with van der Waals surface area (Å²) in [6, 6.07) is 1.97. The fourth-order valence-corrected chi connectivity index (χ4v) is 1.23. The van der Waals surface area contributed by atoms with E-state index in [9.17, 15) is 5.11 Å². The molecule has 0 aliphatic carbocycles. The summed E-state index contributed by atoms with van der Waals surface area (Å²) >= 11 is 5.80. The highest BCUT2D eigenvalue weighted by molar-refractivity contribution is 6.32. The Morgan fingerprint density at radius 2 is 1.73 bits per heavy atom. The lowest BCUT2D eigenvalue weighted by Gasteiger charge is -2.07. The van der Waals surface area contributed by atoms with Crippen molar-refractivity contribution in [1.29, 1.82) is 0 Å². The number of phenolic OH excluding ortho intramolecular Hbond substituents is 1. The van der Waals surface area contributed by atoms with Crippen LogP contribution in [0.2, 0.25) is 5.02 Å². The summed E-state index contributed by atoms with van der Waals surface area (Å²) in [4.78, 5) is 0. The first-order chi connectivity index (χ1) is 5.04. The average molecular weight is 171 g/mol. The number of hydrogen-bond acceptors (Lipinski definition) is 1. The van der Waals surface area contributed by atoms with Crippen LogP contribution in [-0.4, -0.2) is 5.11 Å². The molecule has 0 saturated carbocycles. The molecule has 0 bridgehead atoms. The highest BCUT2D eigenvalue weighted by atomic mass is 35.5. The van der Waals surface area contributed by atoms with Crippen molar-refractivity contribution in [3.05, 3.63) is 27.8 Å². The summed E-state index contributed by atoms with van der Waals surface area (Å²) in [5.74, 6) is 0.212. The van der Waals surface area contributed by atoms with E-state index >= 15 is 0 Å². The van der Waals surface area contributed by atoms with Crippen LogP contribution in [0.25, 0.3) is 0 Å². The molecule has 0 aromatic heterocycles. The van der Waals surface area contributed by atoms with Gasteiger partial charge < -0.3 is 5.11 Å². The molecule has 1 rings (SSSR count). The van der Waals surface area contributed by atoms with E-state index in [4.69, 9.17) is 11.6 Å². The van der Waals surface area contributed by atoms with Crippen LogP contribution < -0.4 is 0 Å². The molecule has 0 atom stereocenters. The molecule has 0 radical (unpaired) electrons. The van der Waals surface area contributed by atoms with Crippen LogP contribution >= 0.6 is 11.6 Å². The quantitative estimate of drug-likeness (QED) is 0.635. The SMILES string of the molecule is Cc1cc(C)c(Cl)c(O)c1C. The zero-order valence-electron chi connectivity index (χ0n) is 6.90. The summed E-state index contributed by atoms with van der Waals surface area (Å²) in [5.41, 5.74) is 2.86. The van der Waals surface area contributed by atoms with Crippen LogP contribution in [0.5, 0.6) is 5.75 Å². The van der Waals surface area contributed by atoms with E-state index in [-0.39, 0.29) is 5.75 Å². The van der Waals surface area contributed by atoms with Gasteiger partial charge in [0.15, 0.2) is 0 Å². The van der Waals surface area contributed by atoms with Gasteiger partial charge in [-0.3, -0.25) is 0 Å². The van der Waals surface area contributed by atoms with E-state index in [0.29, 0.717) is 5.02 Å². The van der Waals surface area contributed by atoms with Gasteiger partial charge in [-0.2, -0.15) is 0 Å². The number of aromatic hydroxyl groups is 1. The number of rotatable bonds is 0. The third-order valence-corrected chi connectivity index (χ3v) is 2.41. The van der Waals surface area contributed by atoms with Crippen molar-refractivity contribution in [3.8, 4) is 5.75 Å². The third kappa shape index (κ3) is 1.33. The smallest absolute Gasteiger partial charge is 0.137 e. The zero-order valence-corrected chi connectivity index (χ0v) is 7.66. The minimum absolute atomic E-state index is 0.212. The Bertz CT molecular complexity index is 266. The molecule has 0 unspecified atom stereocenters. The molecule has 0 heterocycles. The number of phenols is 1. The second kappa shape index (κ2) is 2.74. The molecular formula is C9H11ClO. The maximum Gasteiger partial charge on any atom is 0.137 e. The molecule has 0 aliphatic heterocycles. The Morgan fingerprint density at radius 3 is 2.27 bits per heavy atom. The lowest BCUT2D eigenvalue weighted by atomic mass is 10.1. The van der Waals surface area contributed by atoms with Crippen molar-refractivity contribution in [1.82, 2.24) is 0 Å². The van der Waals surface area contributed by atoms with E-state index < -0.39 is 0 Å². The van der Waals surface area contributed by atoms with Gasteiger partial charge in [-0.15, -0.1) is 0 Å². The maximum atomic E-state index is 9.44. The third-order valence-electron chi connectivity index (χ3n) is 1.93. The number of benzene rings is 1. The molecule has 0 spiro atoms. The second-order valence-corrected chi connectivity index (χ2v) is 3.18. The van der Waals surface area contributed by atoms with Gasteiger partial charge in [0, 0.05) is 0 Å². The topological polar surface area (TPSA) is 20.2 Å². The molecule has 0 aliphatic rings. The normalized spacial score (nSPS) is 10.2. The first-order valence-corrected chi connectivity index (χ1v) is 3.87. The van der Waals surface area contributed by atoms with Crippen LogP contribution in [0, 0.1) is 20.8 Å². The Labute approximate surface area is 71.6 Å². The predicted octanol–water partition coefficient (Wildman–Crippen LogP) is 2.97. The summed E-state index contributed by atoms with van der Waals surface area (Å²) in [6.45, 7) is 5.70. The summed E-state index contributed by atoms with van der Waals surface area (Å²) in [7, 11) is 0. The Hall–Kier alpha value is -0.690. The van der Waals surface area contributed by atoms with Crippen molar-refractivity contribution < 1.29 is 5.11 Å². The number of hydrogen-bond donors (Lipinski definition) is 1. The lowest BCUT2D eigenvalue weighted by molar-refractivity contribution is 0.470. The van der Waals surface area contributed by atoms with Crippen molar-refractivity contribution in [2.24, 2.45) is 0 Å². The highest BCUT2D eigenvalue weighted by Gasteiger charge is 2.07. The van der Waals surface area contributed by atoms with Gasteiger partial charge in [-0.25, -0.2) is 0 Å². The zero-order chi connectivity index (χ0) is 8.59. The van der Waals surface area contributed by atoms with Gasteiger partial charge >= 0.3 is 0 Å². The lowest BCUT2D eigenvalue weighted by Crippen LogP contribution is -1.85. The Morgan fingerprint density at radius 1 is 1.18 bits per heavy atom. The van der Waals surface area contributed by atoms with E-state index in [1.165, 1.54) is 0 Å². The molecule has 1 nitrogen and oxygen atoms in total. The van der Waals surface area contributed by atoms with Crippen molar-refractivity contribution in [2.45, 2.75) is 20.8 Å². The molecule has 0 amide bonds. The fraction of sp³-hybridized carbons (Fsp3) is 0.333. The minimum atomic E-state index is 0.212. The molecular weight excluding hydrogens is 160 g/mol. The van der Waals surface area contributed by atoms with Crippen LogP contribution in [0.15, 0.2) is 6.07 Å². The van der Waals surface area contributed by atoms with E-state index in [0.717, 1.165) is 16.7 Å². The molecule has 1 aromatic carbocycles. The van der Waals surface area contributed by atoms with Gasteiger partial charge in [-0.1, -0.05) is 17.7 Å². The Kier molecular flexibility index (Phi) is 2.10. The van der Waals surface area contributed by atoms with Crippen molar-refractivity contribution in [3.63, 3.8) is 0 Å². The number of halogens is 1. The molecule has 60 valence electrons. The molecule has 0 saturated heterocycles. The van der Waals surface area contributed by atoms with E-state index in [1.54, 1.807) is 0 Å². The molecule has 2 heteroatoms. The standard InChI is InChI=1S/C9H11ClO/c1-5-4-6(2)8(10)9(11)7(5)3/h4,11H,1-3H3. The van der Waals surface area contributed by atoms with Crippen LogP contribution in [0.1, 0.15) is 16.7 Å². The van der Waals surface area contributed by atoms with E-state index in [2.05, 4.69) is 0 Å². The molecule has 11 heavy (non-hydrogen) atoms. The van der Waals surface area contributed by atoms with Crippen LogP contribution in [-0.2, 0) is 0 Å². The minimum Gasteiger partial charge on any atom is -0.506 e. The van der Waals surface area contributed by atoms with Crippen LogP contribution in [0.4, 0.5) is 0 Å². The Balaban J connectivity index is 3.46. The van der Waals surface area contributed by atoms with Gasteiger partial charge in [0.25, 0.3) is 0 Å². The maximum absolute atomic E-state index is 9.44. The molecule has 1 aromatic rings. The fourth-order valence-electron chi connectivity index (χ4n) is 1.03. The predicted molar refractivity (Wildman–Crippen MR) is 47.3 cm³/mol. The van der Waals surface area contributed by atoms with Crippen molar-refractivity contribution >= 4 is 11.6 Å². The van der Waals surface area contributed by atoms with Gasteiger partial charge in [0.05, 0.1) is 5.02 Å². The molecule has 0 fully saturated rings. The summed E-state index contributed by atoms with van der Waals surface area (Å²) in [6.07, 6.45) is 0. The van der Waals surface area contributed by atoms with Gasteiger partial charge in [0.1, 0.15) is 5.75 Å². The monoisotopic (exact) mass is 170 g/mol. The van der Waals surface area contributed by atoms with Gasteiger partial charge in [0.2, 0.25) is 0 Å². The molecule has 1 N–H and O–H groups in total. The van der Waals surface area contributed by atoms with Gasteiger partial charge in [-0.05, 0) is 37.5 Å². The average Bonchev–Trinajstić information content (AvgIpc) is 1.97. The summed E-state index contributed by atoms with van der Waals surface area (Å²) < 4.78 is 0. The number of aryl methyl sites for hydroxylation is 2. The van der Waals surface area contributed by atoms with Crippen molar-refractivity contribution in [2.75, 3.05) is 0 Å². The first kappa shape index (κ1) is 8.41. The van der Waals surface area contributed by atoms with E-state index in [1.807, 2.05) is 26.8 Å². The van der Waals surface area contributed by atoms with Crippen LogP contribution in [0.3, 0.4) is 0 Å². The second-order valence-electron chi connectivity index (χ2n) is 2.80. The first-order valence-electron chi connectivity index (χ1n) is 3.49.